The van der Waals surface area contributed by atoms with Crippen LogP contribution < -0.4 is 10.6 Å². The summed E-state index contributed by atoms with van der Waals surface area (Å²) in [7, 11) is 0. The Morgan fingerprint density at radius 3 is 2.75 bits per heavy atom. The van der Waals surface area contributed by atoms with Gasteiger partial charge >= 0.3 is 5.97 Å². The molecule has 1 unspecified atom stereocenters. The average Bonchev–Trinajstić information content (AvgIpc) is 2.37. The Balaban J connectivity index is 2.47. The fourth-order valence-corrected chi connectivity index (χ4v) is 1.90. The molecule has 1 rings (SSSR count). The predicted molar refractivity (Wildman–Crippen MR) is 83.3 cm³/mol. The Morgan fingerprint density at radius 2 is 2.15 bits per heavy atom. The van der Waals surface area contributed by atoms with Crippen molar-refractivity contribution in [1.29, 1.82) is 0 Å². The third-order valence-electron chi connectivity index (χ3n) is 2.87. The van der Waals surface area contributed by atoms with Crippen LogP contribution in [-0.2, 0) is 9.53 Å². The van der Waals surface area contributed by atoms with Gasteiger partial charge in [-0.1, -0.05) is 17.7 Å². The van der Waals surface area contributed by atoms with Gasteiger partial charge in [0.15, 0.2) is 0 Å². The van der Waals surface area contributed by atoms with Crippen molar-refractivity contribution in [3.63, 3.8) is 0 Å². The Kier molecular flexibility index (Phi) is 6.30. The molecule has 0 aromatic heterocycles. The number of hydrogen-bond donors (Lipinski definition) is 2. The van der Waals surface area contributed by atoms with Crippen molar-refractivity contribution in [2.45, 2.75) is 39.3 Å². The first-order valence-electron chi connectivity index (χ1n) is 6.79. The van der Waals surface area contributed by atoms with E-state index < -0.39 is 5.54 Å². The highest BCUT2D eigenvalue weighted by Crippen LogP contribution is 2.15. The highest BCUT2D eigenvalue weighted by molar-refractivity contribution is 6.30. The van der Waals surface area contributed by atoms with E-state index in [1.54, 1.807) is 6.92 Å². The molecule has 0 radical (unpaired) electrons. The summed E-state index contributed by atoms with van der Waals surface area (Å²) in [4.78, 5) is 11.8. The van der Waals surface area contributed by atoms with E-state index in [9.17, 15) is 4.79 Å². The normalized spacial score (nSPS) is 12.8. The largest absolute Gasteiger partial charge is 0.465 e. The van der Waals surface area contributed by atoms with Gasteiger partial charge in [0, 0.05) is 23.3 Å². The van der Waals surface area contributed by atoms with Crippen LogP contribution in [0.3, 0.4) is 0 Å². The van der Waals surface area contributed by atoms with Crippen molar-refractivity contribution in [2.24, 2.45) is 0 Å². The van der Waals surface area contributed by atoms with Crippen molar-refractivity contribution < 1.29 is 9.53 Å². The fraction of sp³-hybridized carbons (Fsp3) is 0.533. The highest BCUT2D eigenvalue weighted by Gasteiger charge is 2.28. The Bertz CT molecular complexity index is 449. The summed E-state index contributed by atoms with van der Waals surface area (Å²) in [6, 6.07) is 7.71. The number of esters is 1. The van der Waals surface area contributed by atoms with Gasteiger partial charge in [0.1, 0.15) is 5.54 Å². The predicted octanol–water partition coefficient (Wildman–Crippen LogP) is 3.07. The first kappa shape index (κ1) is 16.8. The highest BCUT2D eigenvalue weighted by atomic mass is 35.5. The Hall–Kier alpha value is -1.26. The topological polar surface area (TPSA) is 50.4 Å². The number of rotatable bonds is 7. The summed E-state index contributed by atoms with van der Waals surface area (Å²) in [6.07, 6.45) is 0. The number of benzene rings is 1. The first-order chi connectivity index (χ1) is 9.35. The summed E-state index contributed by atoms with van der Waals surface area (Å²) in [6.45, 7) is 8.50. The molecular formula is C15H23ClN2O2. The lowest BCUT2D eigenvalue weighted by atomic mass is 10.1. The zero-order chi connectivity index (χ0) is 15.2. The van der Waals surface area contributed by atoms with Gasteiger partial charge < -0.3 is 15.4 Å². The lowest BCUT2D eigenvalue weighted by Gasteiger charge is -2.26. The van der Waals surface area contributed by atoms with Crippen LogP contribution in [0.25, 0.3) is 0 Å². The van der Waals surface area contributed by atoms with E-state index in [1.165, 1.54) is 0 Å². The van der Waals surface area contributed by atoms with Crippen LogP contribution >= 0.6 is 11.6 Å². The molecule has 112 valence electrons. The lowest BCUT2D eigenvalue weighted by Crippen LogP contribution is -2.50. The van der Waals surface area contributed by atoms with Gasteiger partial charge in [-0.05, 0) is 45.9 Å². The maximum Gasteiger partial charge on any atom is 0.325 e. The molecule has 5 heteroatoms. The van der Waals surface area contributed by atoms with Gasteiger partial charge in [-0.25, -0.2) is 0 Å². The molecule has 0 saturated heterocycles. The summed E-state index contributed by atoms with van der Waals surface area (Å²) < 4.78 is 5.03. The number of nitrogens with one attached hydrogen (secondary N) is 2. The lowest BCUT2D eigenvalue weighted by molar-refractivity contribution is -0.149. The number of carbonyl (C=O) groups is 1. The number of hydrogen-bond acceptors (Lipinski definition) is 4. The van der Waals surface area contributed by atoms with Crippen LogP contribution in [0.2, 0.25) is 5.02 Å². The Labute approximate surface area is 125 Å². The number of ether oxygens (including phenoxy) is 1. The zero-order valence-electron chi connectivity index (χ0n) is 12.5. The molecule has 0 heterocycles. The van der Waals surface area contributed by atoms with Crippen LogP contribution in [0.15, 0.2) is 24.3 Å². The van der Waals surface area contributed by atoms with Crippen LogP contribution in [0.4, 0.5) is 5.69 Å². The standard InChI is InChI=1S/C15H23ClN2O2/c1-5-20-14(19)15(3,4)17-10-11(2)18-13-8-6-7-12(16)9-13/h6-9,11,17-18H,5,10H2,1-4H3. The molecule has 1 aromatic rings. The molecule has 1 atom stereocenters. The van der Waals surface area contributed by atoms with Crippen molar-refractivity contribution in [1.82, 2.24) is 5.32 Å². The summed E-state index contributed by atoms with van der Waals surface area (Å²) in [5.41, 5.74) is 0.265. The van der Waals surface area contributed by atoms with E-state index in [0.717, 1.165) is 5.69 Å². The van der Waals surface area contributed by atoms with Crippen molar-refractivity contribution >= 4 is 23.3 Å². The van der Waals surface area contributed by atoms with Gasteiger partial charge in [-0.2, -0.15) is 0 Å². The van der Waals surface area contributed by atoms with Gasteiger partial charge in [-0.15, -0.1) is 0 Å². The van der Waals surface area contributed by atoms with E-state index in [0.29, 0.717) is 18.2 Å². The van der Waals surface area contributed by atoms with E-state index in [2.05, 4.69) is 10.6 Å². The van der Waals surface area contributed by atoms with Gasteiger partial charge in [0.05, 0.1) is 6.61 Å². The molecule has 0 saturated carbocycles. The summed E-state index contributed by atoms with van der Waals surface area (Å²) >= 11 is 5.94. The minimum atomic E-state index is -0.694. The minimum Gasteiger partial charge on any atom is -0.465 e. The second kappa shape index (κ2) is 7.50. The molecule has 0 aliphatic rings. The quantitative estimate of drug-likeness (QED) is 0.760. The summed E-state index contributed by atoms with van der Waals surface area (Å²) in [5.74, 6) is -0.241. The van der Waals surface area contributed by atoms with Gasteiger partial charge in [0.25, 0.3) is 0 Å². The number of carbonyl (C=O) groups excluding carboxylic acids is 1. The number of halogens is 1. The SMILES string of the molecule is CCOC(=O)C(C)(C)NCC(C)Nc1cccc(Cl)c1. The third kappa shape index (κ3) is 5.39. The van der Waals surface area contributed by atoms with E-state index in [-0.39, 0.29) is 12.0 Å². The maximum absolute atomic E-state index is 11.8. The molecule has 1 aromatic carbocycles. The molecule has 0 spiro atoms. The second-order valence-electron chi connectivity index (χ2n) is 5.28. The monoisotopic (exact) mass is 298 g/mol. The van der Waals surface area contributed by atoms with Gasteiger partial charge in [0.2, 0.25) is 0 Å². The molecule has 0 aliphatic carbocycles. The van der Waals surface area contributed by atoms with E-state index >= 15 is 0 Å². The summed E-state index contributed by atoms with van der Waals surface area (Å²) in [5, 5.41) is 7.23. The minimum absolute atomic E-state index is 0.155. The molecule has 0 aliphatic heterocycles. The van der Waals surface area contributed by atoms with Crippen molar-refractivity contribution in [3.05, 3.63) is 29.3 Å². The van der Waals surface area contributed by atoms with Crippen LogP contribution in [0.1, 0.15) is 27.7 Å². The fourth-order valence-electron chi connectivity index (χ4n) is 1.71. The molecule has 0 bridgehead atoms. The second-order valence-corrected chi connectivity index (χ2v) is 5.72. The third-order valence-corrected chi connectivity index (χ3v) is 3.11. The molecule has 2 N–H and O–H groups in total. The average molecular weight is 299 g/mol. The van der Waals surface area contributed by atoms with Gasteiger partial charge in [-0.3, -0.25) is 4.79 Å². The van der Waals surface area contributed by atoms with Crippen molar-refractivity contribution in [2.75, 3.05) is 18.5 Å². The van der Waals surface area contributed by atoms with Crippen LogP contribution in [0.5, 0.6) is 0 Å². The van der Waals surface area contributed by atoms with Crippen LogP contribution in [0, 0.1) is 0 Å². The molecule has 0 amide bonds. The smallest absolute Gasteiger partial charge is 0.325 e. The number of anilines is 1. The maximum atomic E-state index is 11.8. The zero-order valence-corrected chi connectivity index (χ0v) is 13.3. The molecule has 4 nitrogen and oxygen atoms in total. The van der Waals surface area contributed by atoms with Crippen LogP contribution in [-0.4, -0.2) is 30.7 Å². The van der Waals surface area contributed by atoms with E-state index in [1.807, 2.05) is 45.0 Å². The Morgan fingerprint density at radius 1 is 1.45 bits per heavy atom. The van der Waals surface area contributed by atoms with E-state index in [4.69, 9.17) is 16.3 Å². The molecule has 20 heavy (non-hydrogen) atoms. The molecule has 0 fully saturated rings. The molecular weight excluding hydrogens is 276 g/mol. The van der Waals surface area contributed by atoms with Crippen molar-refractivity contribution in [3.8, 4) is 0 Å². The first-order valence-corrected chi connectivity index (χ1v) is 7.17.